The first kappa shape index (κ1) is 16.8. The number of pyridine rings is 1. The maximum atomic E-state index is 13.0. The van der Waals surface area contributed by atoms with E-state index in [1.807, 2.05) is 66.9 Å². The van der Waals surface area contributed by atoms with Gasteiger partial charge in [0.2, 0.25) is 0 Å². The van der Waals surface area contributed by atoms with Gasteiger partial charge >= 0.3 is 0 Å². The summed E-state index contributed by atoms with van der Waals surface area (Å²) >= 11 is 0. The minimum atomic E-state index is 0.0177. The molecule has 0 aliphatic heterocycles. The Morgan fingerprint density at radius 2 is 1.88 bits per heavy atom. The van der Waals surface area contributed by atoms with Crippen molar-refractivity contribution in [2.24, 2.45) is 0 Å². The number of ether oxygens (including phenoxy) is 1. The van der Waals surface area contributed by atoms with E-state index in [1.165, 1.54) is 0 Å². The van der Waals surface area contributed by atoms with Gasteiger partial charge in [0.1, 0.15) is 5.75 Å². The predicted molar refractivity (Wildman–Crippen MR) is 102 cm³/mol. The Morgan fingerprint density at radius 3 is 2.60 bits per heavy atom. The lowest BCUT2D eigenvalue weighted by Crippen LogP contribution is -2.24. The highest BCUT2D eigenvalue weighted by atomic mass is 16.5. The zero-order chi connectivity index (χ0) is 17.6. The first-order chi connectivity index (χ1) is 12.2. The van der Waals surface area contributed by atoms with E-state index in [0.717, 1.165) is 28.0 Å². The average molecular weight is 331 g/mol. The molecule has 3 rings (SSSR count). The molecular weight excluding hydrogens is 310 g/mol. The van der Waals surface area contributed by atoms with E-state index in [9.17, 15) is 4.79 Å². The minimum absolute atomic E-state index is 0.0177. The summed E-state index contributed by atoms with van der Waals surface area (Å²) in [5, 5.41) is 0. The van der Waals surface area contributed by atoms with Gasteiger partial charge in [-0.05, 0) is 41.3 Å². The van der Waals surface area contributed by atoms with Crippen LogP contribution in [0, 0.1) is 0 Å². The number of hydrogen-bond acceptors (Lipinski definition) is 2. The quantitative estimate of drug-likeness (QED) is 0.631. The van der Waals surface area contributed by atoms with Gasteiger partial charge in [0.25, 0.3) is 5.56 Å². The molecule has 3 nitrogen and oxygen atoms in total. The van der Waals surface area contributed by atoms with Crippen molar-refractivity contribution in [2.45, 2.75) is 13.0 Å². The van der Waals surface area contributed by atoms with Crippen LogP contribution in [0.1, 0.15) is 11.1 Å². The average Bonchev–Trinajstić information content (AvgIpc) is 2.66. The van der Waals surface area contributed by atoms with Crippen molar-refractivity contribution >= 4 is 0 Å². The highest BCUT2D eigenvalue weighted by molar-refractivity contribution is 5.68. The van der Waals surface area contributed by atoms with Crippen LogP contribution in [-0.4, -0.2) is 11.7 Å². The zero-order valence-electron chi connectivity index (χ0n) is 14.3. The molecule has 0 aliphatic carbocycles. The molecule has 1 heterocycles. The van der Waals surface area contributed by atoms with E-state index >= 15 is 0 Å². The topological polar surface area (TPSA) is 31.2 Å². The van der Waals surface area contributed by atoms with Crippen LogP contribution < -0.4 is 10.3 Å². The molecule has 0 saturated carbocycles. The smallest absolute Gasteiger partial charge is 0.254 e. The predicted octanol–water partition coefficient (Wildman–Crippen LogP) is 4.30. The normalized spacial score (nSPS) is 10.4. The van der Waals surface area contributed by atoms with E-state index in [2.05, 4.69) is 6.58 Å². The van der Waals surface area contributed by atoms with Gasteiger partial charge in [0, 0.05) is 11.8 Å². The molecule has 0 radical (unpaired) electrons. The van der Waals surface area contributed by atoms with Crippen LogP contribution in [0.15, 0.2) is 84.3 Å². The number of hydrogen-bond donors (Lipinski definition) is 0. The van der Waals surface area contributed by atoms with E-state index in [1.54, 1.807) is 17.8 Å². The third-order valence-electron chi connectivity index (χ3n) is 4.19. The van der Waals surface area contributed by atoms with Crippen LogP contribution in [-0.2, 0) is 13.0 Å². The molecule has 0 bridgehead atoms. The second kappa shape index (κ2) is 7.67. The molecule has 2 aromatic carbocycles. The lowest BCUT2D eigenvalue weighted by molar-refractivity contribution is 0.415. The van der Waals surface area contributed by atoms with Crippen LogP contribution in [0.25, 0.3) is 11.1 Å². The van der Waals surface area contributed by atoms with Crippen molar-refractivity contribution in [2.75, 3.05) is 7.11 Å². The molecule has 0 aliphatic rings. The Kier molecular flexibility index (Phi) is 5.14. The molecule has 126 valence electrons. The molecule has 0 N–H and O–H groups in total. The van der Waals surface area contributed by atoms with Crippen molar-refractivity contribution in [3.63, 3.8) is 0 Å². The van der Waals surface area contributed by atoms with Crippen molar-refractivity contribution in [1.29, 1.82) is 0 Å². The Morgan fingerprint density at radius 1 is 1.08 bits per heavy atom. The monoisotopic (exact) mass is 331 g/mol. The van der Waals surface area contributed by atoms with Gasteiger partial charge in [0.05, 0.1) is 13.7 Å². The summed E-state index contributed by atoms with van der Waals surface area (Å²) in [4.78, 5) is 13.0. The van der Waals surface area contributed by atoms with Gasteiger partial charge in [0.15, 0.2) is 0 Å². The summed E-state index contributed by atoms with van der Waals surface area (Å²) in [5.74, 6) is 0.774. The Bertz CT molecular complexity index is 926. The van der Waals surface area contributed by atoms with Crippen molar-refractivity contribution in [3.8, 4) is 16.9 Å². The number of nitrogens with zero attached hydrogens (tertiary/aromatic N) is 1. The standard InChI is InChI=1S/C22H21NO2/c1-3-8-21-20(18-11-7-12-19(15-18)25-2)13-14-23(22(21)24)16-17-9-5-4-6-10-17/h3-7,9-15H,1,8,16H2,2H3. The van der Waals surface area contributed by atoms with Gasteiger partial charge in [-0.3, -0.25) is 4.79 Å². The number of allylic oxidation sites excluding steroid dienone is 1. The fourth-order valence-electron chi connectivity index (χ4n) is 2.93. The van der Waals surface area contributed by atoms with Crippen molar-refractivity contribution in [1.82, 2.24) is 4.57 Å². The van der Waals surface area contributed by atoms with Crippen molar-refractivity contribution < 1.29 is 4.74 Å². The minimum Gasteiger partial charge on any atom is -0.497 e. The van der Waals surface area contributed by atoms with Gasteiger partial charge in [-0.25, -0.2) is 0 Å². The molecule has 0 saturated heterocycles. The highest BCUT2D eigenvalue weighted by Gasteiger charge is 2.12. The highest BCUT2D eigenvalue weighted by Crippen LogP contribution is 2.26. The van der Waals surface area contributed by atoms with E-state index in [-0.39, 0.29) is 5.56 Å². The SMILES string of the molecule is C=CCc1c(-c2cccc(OC)c2)ccn(Cc2ccccc2)c1=O. The van der Waals surface area contributed by atoms with Crippen LogP contribution >= 0.6 is 0 Å². The maximum absolute atomic E-state index is 13.0. The Labute approximate surface area is 147 Å². The fraction of sp³-hybridized carbons (Fsp3) is 0.136. The third-order valence-corrected chi connectivity index (χ3v) is 4.19. The summed E-state index contributed by atoms with van der Waals surface area (Å²) in [7, 11) is 1.64. The lowest BCUT2D eigenvalue weighted by atomic mass is 9.99. The first-order valence-corrected chi connectivity index (χ1v) is 8.24. The Balaban J connectivity index is 2.06. The maximum Gasteiger partial charge on any atom is 0.254 e. The van der Waals surface area contributed by atoms with Crippen LogP contribution in [0.5, 0.6) is 5.75 Å². The van der Waals surface area contributed by atoms with Crippen LogP contribution in [0.4, 0.5) is 0 Å². The van der Waals surface area contributed by atoms with Crippen molar-refractivity contribution in [3.05, 3.63) is 101 Å². The molecule has 0 spiro atoms. The fourth-order valence-corrected chi connectivity index (χ4v) is 2.93. The van der Waals surface area contributed by atoms with Gasteiger partial charge in [-0.1, -0.05) is 48.5 Å². The largest absolute Gasteiger partial charge is 0.497 e. The Hall–Kier alpha value is -3.07. The molecule has 1 aromatic heterocycles. The molecule has 3 heteroatoms. The lowest BCUT2D eigenvalue weighted by Gasteiger charge is -2.13. The molecule has 0 unspecified atom stereocenters. The summed E-state index contributed by atoms with van der Waals surface area (Å²) < 4.78 is 7.05. The molecule has 0 atom stereocenters. The molecule has 25 heavy (non-hydrogen) atoms. The van der Waals surface area contributed by atoms with Gasteiger partial charge < -0.3 is 9.30 Å². The number of rotatable bonds is 6. The van der Waals surface area contributed by atoms with Gasteiger partial charge in [-0.15, -0.1) is 6.58 Å². The summed E-state index contributed by atoms with van der Waals surface area (Å²) in [6.07, 6.45) is 4.16. The van der Waals surface area contributed by atoms with E-state index in [4.69, 9.17) is 4.74 Å². The van der Waals surface area contributed by atoms with Crippen LogP contribution in [0.2, 0.25) is 0 Å². The molecular formula is C22H21NO2. The number of methoxy groups -OCH3 is 1. The van der Waals surface area contributed by atoms with E-state index < -0.39 is 0 Å². The molecule has 0 amide bonds. The van der Waals surface area contributed by atoms with Crippen LogP contribution in [0.3, 0.4) is 0 Å². The van der Waals surface area contributed by atoms with E-state index in [0.29, 0.717) is 13.0 Å². The molecule has 3 aromatic rings. The second-order valence-corrected chi connectivity index (χ2v) is 5.85. The zero-order valence-corrected chi connectivity index (χ0v) is 14.3. The number of benzene rings is 2. The summed E-state index contributed by atoms with van der Waals surface area (Å²) in [6.45, 7) is 4.36. The third kappa shape index (κ3) is 3.72. The molecule has 0 fully saturated rings. The van der Waals surface area contributed by atoms with Gasteiger partial charge in [-0.2, -0.15) is 0 Å². The number of aromatic nitrogens is 1. The first-order valence-electron chi connectivity index (χ1n) is 8.24. The summed E-state index contributed by atoms with van der Waals surface area (Å²) in [5.41, 5.74) is 3.77. The summed E-state index contributed by atoms with van der Waals surface area (Å²) in [6, 6.07) is 19.7. The second-order valence-electron chi connectivity index (χ2n) is 5.85.